The molecule has 3 N–H and O–H groups in total. The molecule has 8 heteroatoms. The minimum absolute atomic E-state index is 0.0900. The number of hydrogen-bond donors (Lipinski definition) is 3. The van der Waals surface area contributed by atoms with Gasteiger partial charge in [-0.25, -0.2) is 8.42 Å². The third kappa shape index (κ3) is 5.51. The zero-order chi connectivity index (χ0) is 26.5. The van der Waals surface area contributed by atoms with E-state index in [1.54, 1.807) is 18.2 Å². The van der Waals surface area contributed by atoms with Gasteiger partial charge in [0, 0.05) is 28.9 Å². The smallest absolute Gasteiger partial charge is 0.241 e. The minimum atomic E-state index is -4.08. The van der Waals surface area contributed by atoms with Crippen LogP contribution in [-0.2, 0) is 32.5 Å². The van der Waals surface area contributed by atoms with Crippen LogP contribution in [0.5, 0.6) is 0 Å². The van der Waals surface area contributed by atoms with Crippen molar-refractivity contribution in [1.29, 1.82) is 0 Å². The molecule has 192 valence electrons. The normalized spacial score (nSPS) is 13.3. The number of fused-ring (bicyclic) bond motifs is 2. The fraction of sp³-hybridized carbons (Fsp3) is 0.133. The van der Waals surface area contributed by atoms with Crippen LogP contribution in [0, 0.1) is 0 Å². The average molecular weight is 526 g/mol. The van der Waals surface area contributed by atoms with Gasteiger partial charge in [0.2, 0.25) is 15.9 Å². The predicted octanol–water partition coefficient (Wildman–Crippen LogP) is 4.14. The molecule has 0 spiro atoms. The molecular formula is C30H27N3O4S. The largest absolute Gasteiger partial charge is 0.361 e. The van der Waals surface area contributed by atoms with Gasteiger partial charge in [-0.3, -0.25) is 4.79 Å². The van der Waals surface area contributed by atoms with Crippen LogP contribution in [0.3, 0.4) is 0 Å². The SMILES string of the molecule is O=C[C@H](Cc1c[nH]c2ccccc12)NC(=O)[C@H](Cc1ccccc1)NS(=O)(=O)c1cccc2ccccc12. The van der Waals surface area contributed by atoms with Crippen LogP contribution in [0.1, 0.15) is 11.1 Å². The number of benzene rings is 4. The van der Waals surface area contributed by atoms with Crippen molar-refractivity contribution in [1.82, 2.24) is 15.0 Å². The van der Waals surface area contributed by atoms with Crippen LogP contribution in [0.2, 0.25) is 0 Å². The molecule has 4 aromatic carbocycles. The molecule has 0 unspecified atom stereocenters. The maximum atomic E-state index is 13.5. The first-order valence-corrected chi connectivity index (χ1v) is 13.8. The molecular weight excluding hydrogens is 498 g/mol. The van der Waals surface area contributed by atoms with Crippen molar-refractivity contribution < 1.29 is 18.0 Å². The molecule has 0 saturated carbocycles. The predicted molar refractivity (Wildman–Crippen MR) is 148 cm³/mol. The highest BCUT2D eigenvalue weighted by molar-refractivity contribution is 7.89. The average Bonchev–Trinajstić information content (AvgIpc) is 3.35. The second-order valence-electron chi connectivity index (χ2n) is 9.16. The van der Waals surface area contributed by atoms with Crippen molar-refractivity contribution in [2.75, 3.05) is 0 Å². The lowest BCUT2D eigenvalue weighted by Gasteiger charge is -2.21. The molecule has 0 aliphatic heterocycles. The Morgan fingerprint density at radius 1 is 0.816 bits per heavy atom. The molecule has 0 bridgehead atoms. The summed E-state index contributed by atoms with van der Waals surface area (Å²) in [4.78, 5) is 28.7. The molecule has 7 nitrogen and oxygen atoms in total. The number of amides is 1. The quantitative estimate of drug-likeness (QED) is 0.238. The van der Waals surface area contributed by atoms with Gasteiger partial charge in [-0.1, -0.05) is 84.9 Å². The number of aromatic amines is 1. The summed E-state index contributed by atoms with van der Waals surface area (Å²) in [6.07, 6.45) is 2.89. The van der Waals surface area contributed by atoms with Crippen molar-refractivity contribution in [2.45, 2.75) is 29.8 Å². The fourth-order valence-corrected chi connectivity index (χ4v) is 6.10. The minimum Gasteiger partial charge on any atom is -0.361 e. The number of H-pyrrole nitrogens is 1. The number of rotatable bonds is 10. The van der Waals surface area contributed by atoms with Crippen molar-refractivity contribution in [3.8, 4) is 0 Å². The Bertz CT molecular complexity index is 1690. The highest BCUT2D eigenvalue weighted by atomic mass is 32.2. The van der Waals surface area contributed by atoms with E-state index in [9.17, 15) is 18.0 Å². The van der Waals surface area contributed by atoms with E-state index in [4.69, 9.17) is 0 Å². The van der Waals surface area contributed by atoms with Gasteiger partial charge in [0.15, 0.2) is 0 Å². The maximum absolute atomic E-state index is 13.5. The van der Waals surface area contributed by atoms with Gasteiger partial charge in [0.25, 0.3) is 0 Å². The van der Waals surface area contributed by atoms with Gasteiger partial charge in [-0.15, -0.1) is 0 Å². The Labute approximate surface area is 220 Å². The molecule has 38 heavy (non-hydrogen) atoms. The highest BCUT2D eigenvalue weighted by Gasteiger charge is 2.29. The molecule has 1 aromatic heterocycles. The summed E-state index contributed by atoms with van der Waals surface area (Å²) >= 11 is 0. The van der Waals surface area contributed by atoms with Crippen molar-refractivity contribution in [2.24, 2.45) is 0 Å². The lowest BCUT2D eigenvalue weighted by molar-refractivity contribution is -0.125. The van der Waals surface area contributed by atoms with Gasteiger partial charge in [-0.05, 0) is 35.1 Å². The number of carbonyl (C=O) groups excluding carboxylic acids is 2. The first kappa shape index (κ1) is 25.4. The molecule has 2 atom stereocenters. The zero-order valence-electron chi connectivity index (χ0n) is 20.5. The van der Waals surface area contributed by atoms with E-state index in [-0.39, 0.29) is 17.7 Å². The van der Waals surface area contributed by atoms with E-state index in [2.05, 4.69) is 15.0 Å². The molecule has 1 heterocycles. The van der Waals surface area contributed by atoms with Gasteiger partial charge in [-0.2, -0.15) is 4.72 Å². The summed E-state index contributed by atoms with van der Waals surface area (Å²) in [5.74, 6) is -0.574. The summed E-state index contributed by atoms with van der Waals surface area (Å²) in [6, 6.07) is 27.1. The Morgan fingerprint density at radius 3 is 2.29 bits per heavy atom. The Hall–Kier alpha value is -4.27. The Morgan fingerprint density at radius 2 is 1.50 bits per heavy atom. The van der Waals surface area contributed by atoms with E-state index in [0.29, 0.717) is 11.7 Å². The molecule has 0 saturated heterocycles. The van der Waals surface area contributed by atoms with Crippen LogP contribution in [0.4, 0.5) is 0 Å². The third-order valence-electron chi connectivity index (χ3n) is 6.54. The number of carbonyl (C=O) groups is 2. The molecule has 1 amide bonds. The van der Waals surface area contributed by atoms with E-state index >= 15 is 0 Å². The van der Waals surface area contributed by atoms with E-state index < -0.39 is 28.0 Å². The number of sulfonamides is 1. The molecule has 0 aliphatic rings. The maximum Gasteiger partial charge on any atom is 0.241 e. The standard InChI is InChI=1S/C30H27N3O4S/c34-20-24(18-23-19-31-27-15-7-6-13-25(23)27)32-30(35)28(17-21-9-2-1-3-10-21)33-38(36,37)29-16-8-12-22-11-4-5-14-26(22)29/h1-16,19-20,24,28,31,33H,17-18H2,(H,32,35)/t24-,28-/m0/s1. The highest BCUT2D eigenvalue weighted by Crippen LogP contribution is 2.23. The molecule has 5 rings (SSSR count). The van der Waals surface area contributed by atoms with Crippen LogP contribution >= 0.6 is 0 Å². The molecule has 5 aromatic rings. The van der Waals surface area contributed by atoms with Gasteiger partial charge in [0.1, 0.15) is 12.3 Å². The number of nitrogens with one attached hydrogen (secondary N) is 3. The second kappa shape index (κ2) is 11.0. The lowest BCUT2D eigenvalue weighted by Crippen LogP contribution is -2.51. The third-order valence-corrected chi connectivity index (χ3v) is 8.07. The van der Waals surface area contributed by atoms with Gasteiger partial charge in [0.05, 0.1) is 10.9 Å². The summed E-state index contributed by atoms with van der Waals surface area (Å²) < 4.78 is 29.7. The first-order valence-electron chi connectivity index (χ1n) is 12.3. The van der Waals surface area contributed by atoms with Crippen LogP contribution < -0.4 is 10.0 Å². The molecule has 0 radical (unpaired) electrons. The van der Waals surface area contributed by atoms with Crippen molar-refractivity contribution in [3.05, 3.63) is 114 Å². The van der Waals surface area contributed by atoms with Crippen molar-refractivity contribution in [3.63, 3.8) is 0 Å². The zero-order valence-corrected chi connectivity index (χ0v) is 21.3. The van der Waals surface area contributed by atoms with Crippen LogP contribution in [-0.4, -0.2) is 37.7 Å². The summed E-state index contributed by atoms with van der Waals surface area (Å²) in [5.41, 5.74) is 2.60. The lowest BCUT2D eigenvalue weighted by atomic mass is 10.0. The summed E-state index contributed by atoms with van der Waals surface area (Å²) in [7, 11) is -4.08. The van der Waals surface area contributed by atoms with Crippen LogP contribution in [0.25, 0.3) is 21.7 Å². The summed E-state index contributed by atoms with van der Waals surface area (Å²) in [5, 5.41) is 5.06. The second-order valence-corrected chi connectivity index (χ2v) is 10.8. The monoisotopic (exact) mass is 525 g/mol. The van der Waals surface area contributed by atoms with Crippen LogP contribution in [0.15, 0.2) is 108 Å². The van der Waals surface area contributed by atoms with E-state index in [0.717, 1.165) is 27.4 Å². The number of aromatic nitrogens is 1. The molecule has 0 aliphatic carbocycles. The number of aldehydes is 1. The topological polar surface area (TPSA) is 108 Å². The van der Waals surface area contributed by atoms with Crippen molar-refractivity contribution >= 4 is 43.9 Å². The van der Waals surface area contributed by atoms with Gasteiger partial charge < -0.3 is 15.1 Å². The van der Waals surface area contributed by atoms with E-state index in [1.165, 1.54) is 6.07 Å². The van der Waals surface area contributed by atoms with Gasteiger partial charge >= 0.3 is 0 Å². The number of para-hydroxylation sites is 1. The Kier molecular flexibility index (Phi) is 7.35. The molecule has 0 fully saturated rings. The Balaban J connectivity index is 1.41. The summed E-state index contributed by atoms with van der Waals surface area (Å²) in [6.45, 7) is 0. The first-order chi connectivity index (χ1) is 18.4. The number of hydrogen-bond acceptors (Lipinski definition) is 4. The fourth-order valence-electron chi connectivity index (χ4n) is 4.67. The van der Waals surface area contributed by atoms with E-state index in [1.807, 2.05) is 79.0 Å².